The molecule has 2 heterocycles. The van der Waals surface area contributed by atoms with E-state index >= 15 is 0 Å². The van der Waals surface area contributed by atoms with Crippen molar-refractivity contribution in [2.75, 3.05) is 12.8 Å². The van der Waals surface area contributed by atoms with Crippen molar-refractivity contribution in [2.24, 2.45) is 5.92 Å². The number of nitrogens with one attached hydrogen (secondary N) is 1. The van der Waals surface area contributed by atoms with Crippen molar-refractivity contribution in [2.45, 2.75) is 30.8 Å². The summed E-state index contributed by atoms with van der Waals surface area (Å²) in [6.45, 7) is 2.54. The fourth-order valence-corrected chi connectivity index (χ4v) is 3.74. The molecule has 2 amide bonds. The Bertz CT molecular complexity index is 920. The Morgan fingerprint density at radius 2 is 2.00 bits per heavy atom. The second-order valence-corrected chi connectivity index (χ2v) is 8.84. The topological polar surface area (TPSA) is 96.7 Å². The second kappa shape index (κ2) is 7.56. The van der Waals surface area contributed by atoms with Gasteiger partial charge in [-0.1, -0.05) is 12.1 Å². The lowest BCUT2D eigenvalue weighted by atomic mass is 10.1. The summed E-state index contributed by atoms with van der Waals surface area (Å²) in [5.41, 5.74) is 0.799. The number of hydrogen-bond acceptors (Lipinski definition) is 5. The lowest BCUT2D eigenvalue weighted by molar-refractivity contribution is -0.129. The van der Waals surface area contributed by atoms with Crippen molar-refractivity contribution >= 4 is 21.7 Å². The van der Waals surface area contributed by atoms with Crippen LogP contribution in [0.2, 0.25) is 0 Å². The summed E-state index contributed by atoms with van der Waals surface area (Å²) in [6, 6.07) is 9.68. The number of likely N-dealkylation sites (tertiary alicyclic amines) is 1. The van der Waals surface area contributed by atoms with E-state index in [1.165, 1.54) is 12.1 Å². The minimum atomic E-state index is -3.25. The highest BCUT2D eigenvalue weighted by atomic mass is 32.2. The summed E-state index contributed by atoms with van der Waals surface area (Å²) in [7, 11) is -3.25. The predicted molar refractivity (Wildman–Crippen MR) is 98.3 cm³/mol. The summed E-state index contributed by atoms with van der Waals surface area (Å²) < 4.78 is 28.3. The van der Waals surface area contributed by atoms with E-state index in [4.69, 9.17) is 4.42 Å². The van der Waals surface area contributed by atoms with Gasteiger partial charge in [0.25, 0.3) is 0 Å². The van der Waals surface area contributed by atoms with Crippen molar-refractivity contribution in [1.29, 1.82) is 0 Å². The molecule has 144 valence electrons. The first kappa shape index (κ1) is 19.2. The minimum Gasteiger partial charge on any atom is -0.467 e. The molecule has 1 aromatic heterocycles. The molecule has 27 heavy (non-hydrogen) atoms. The molecule has 0 spiro atoms. The molecule has 1 N–H and O–H groups in total. The molecule has 7 nitrogen and oxygen atoms in total. The average molecular weight is 390 g/mol. The van der Waals surface area contributed by atoms with Gasteiger partial charge in [0, 0.05) is 19.2 Å². The molecule has 1 saturated heterocycles. The third-order valence-corrected chi connectivity index (χ3v) is 5.81. The van der Waals surface area contributed by atoms with E-state index in [0.717, 1.165) is 11.8 Å². The van der Waals surface area contributed by atoms with Crippen LogP contribution in [0.1, 0.15) is 30.7 Å². The molecule has 1 aliphatic rings. The fourth-order valence-electron chi connectivity index (χ4n) is 3.11. The lowest BCUT2D eigenvalue weighted by Gasteiger charge is -2.18. The molecular weight excluding hydrogens is 368 g/mol. The van der Waals surface area contributed by atoms with Gasteiger partial charge in [0.15, 0.2) is 9.84 Å². The van der Waals surface area contributed by atoms with Crippen LogP contribution in [0.5, 0.6) is 0 Å². The number of furan rings is 1. The molecule has 2 aromatic rings. The molecule has 3 rings (SSSR count). The quantitative estimate of drug-likeness (QED) is 0.813. The molecule has 1 aromatic carbocycles. The monoisotopic (exact) mass is 390 g/mol. The number of amides is 2. The molecule has 0 radical (unpaired) electrons. The van der Waals surface area contributed by atoms with Gasteiger partial charge in [0.05, 0.1) is 29.7 Å². The maximum Gasteiger partial charge on any atom is 0.225 e. The van der Waals surface area contributed by atoms with Gasteiger partial charge in [-0.2, -0.15) is 0 Å². The van der Waals surface area contributed by atoms with E-state index in [1.807, 2.05) is 6.92 Å². The summed E-state index contributed by atoms with van der Waals surface area (Å²) in [6.07, 6.45) is 2.88. The third kappa shape index (κ3) is 4.57. The lowest BCUT2D eigenvalue weighted by Crippen LogP contribution is -2.34. The predicted octanol–water partition coefficient (Wildman–Crippen LogP) is 1.91. The summed E-state index contributed by atoms with van der Waals surface area (Å²) in [5.74, 6) is 0.00985. The van der Waals surface area contributed by atoms with Crippen molar-refractivity contribution in [3.05, 3.63) is 54.0 Å². The van der Waals surface area contributed by atoms with Crippen LogP contribution in [0.25, 0.3) is 0 Å². The van der Waals surface area contributed by atoms with E-state index in [-0.39, 0.29) is 29.2 Å². The molecule has 0 bridgehead atoms. The van der Waals surface area contributed by atoms with E-state index in [0.29, 0.717) is 18.8 Å². The van der Waals surface area contributed by atoms with E-state index < -0.39 is 15.8 Å². The van der Waals surface area contributed by atoms with Crippen LogP contribution >= 0.6 is 0 Å². The smallest absolute Gasteiger partial charge is 0.225 e. The Balaban J connectivity index is 1.59. The second-order valence-electron chi connectivity index (χ2n) is 6.83. The Morgan fingerprint density at radius 3 is 2.59 bits per heavy atom. The first-order chi connectivity index (χ1) is 12.7. The zero-order valence-corrected chi connectivity index (χ0v) is 16.0. The molecule has 0 saturated carbocycles. The average Bonchev–Trinajstić information content (AvgIpc) is 3.25. The van der Waals surface area contributed by atoms with Crippen molar-refractivity contribution in [1.82, 2.24) is 10.2 Å². The Hall–Kier alpha value is -2.61. The highest BCUT2D eigenvalue weighted by Gasteiger charge is 2.35. The Labute approximate surface area is 158 Å². The van der Waals surface area contributed by atoms with Crippen molar-refractivity contribution in [3.63, 3.8) is 0 Å². The van der Waals surface area contributed by atoms with Crippen LogP contribution in [0, 0.1) is 5.92 Å². The molecule has 2 unspecified atom stereocenters. The third-order valence-electron chi connectivity index (χ3n) is 4.68. The number of hydrogen-bond donors (Lipinski definition) is 1. The number of rotatable bonds is 6. The Kier molecular flexibility index (Phi) is 5.36. The van der Waals surface area contributed by atoms with Gasteiger partial charge in [0.2, 0.25) is 11.8 Å². The maximum atomic E-state index is 12.5. The first-order valence-corrected chi connectivity index (χ1v) is 10.5. The number of carbonyl (C=O) groups excluding carboxylic acids is 2. The molecule has 1 fully saturated rings. The van der Waals surface area contributed by atoms with Gasteiger partial charge in [-0.3, -0.25) is 9.59 Å². The normalized spacial score (nSPS) is 18.5. The largest absolute Gasteiger partial charge is 0.467 e. The van der Waals surface area contributed by atoms with Gasteiger partial charge in [-0.05, 0) is 36.8 Å². The molecule has 1 aliphatic heterocycles. The Morgan fingerprint density at radius 1 is 1.30 bits per heavy atom. The van der Waals surface area contributed by atoms with Crippen molar-refractivity contribution in [3.8, 4) is 0 Å². The van der Waals surface area contributed by atoms with E-state index in [1.54, 1.807) is 35.4 Å². The maximum absolute atomic E-state index is 12.5. The van der Waals surface area contributed by atoms with Gasteiger partial charge >= 0.3 is 0 Å². The zero-order valence-electron chi connectivity index (χ0n) is 15.2. The van der Waals surface area contributed by atoms with Crippen LogP contribution < -0.4 is 5.32 Å². The van der Waals surface area contributed by atoms with Crippen LogP contribution in [0.15, 0.2) is 52.0 Å². The molecule has 2 atom stereocenters. The molecular formula is C19H22N2O5S. The van der Waals surface area contributed by atoms with Crippen molar-refractivity contribution < 1.29 is 22.4 Å². The fraction of sp³-hybridized carbons (Fsp3) is 0.368. The van der Waals surface area contributed by atoms with Crippen LogP contribution in [0.3, 0.4) is 0 Å². The van der Waals surface area contributed by atoms with Crippen LogP contribution in [0.4, 0.5) is 0 Å². The summed E-state index contributed by atoms with van der Waals surface area (Å²) in [5, 5.41) is 2.91. The van der Waals surface area contributed by atoms with E-state index in [2.05, 4.69) is 5.32 Å². The van der Waals surface area contributed by atoms with Gasteiger partial charge in [-0.25, -0.2) is 8.42 Å². The minimum absolute atomic E-state index is 0.0725. The number of benzene rings is 1. The van der Waals surface area contributed by atoms with E-state index in [9.17, 15) is 18.0 Å². The standard InChI is InChI=1S/C19H22N2O5S/c1-13(14-5-7-17(8-6-14)27(2,24)25)20-19(23)15-10-18(22)21(11-15)12-16-4-3-9-26-16/h3-9,13,15H,10-12H2,1-2H3,(H,20,23). The molecule has 0 aliphatic carbocycles. The highest BCUT2D eigenvalue weighted by Crippen LogP contribution is 2.22. The van der Waals surface area contributed by atoms with Gasteiger partial charge in [0.1, 0.15) is 5.76 Å². The summed E-state index contributed by atoms with van der Waals surface area (Å²) >= 11 is 0. The molecule has 8 heteroatoms. The van der Waals surface area contributed by atoms with Gasteiger partial charge < -0.3 is 14.6 Å². The number of sulfone groups is 1. The van der Waals surface area contributed by atoms with Gasteiger partial charge in [-0.15, -0.1) is 0 Å². The SMILES string of the molecule is CC(NC(=O)C1CC(=O)N(Cc2ccco2)C1)c1ccc(S(C)(=O)=O)cc1. The summed E-state index contributed by atoms with van der Waals surface area (Å²) in [4.78, 5) is 26.5. The van der Waals surface area contributed by atoms with Crippen LogP contribution in [-0.2, 0) is 26.0 Å². The number of nitrogens with zero attached hydrogens (tertiary/aromatic N) is 1. The number of carbonyl (C=O) groups is 2. The first-order valence-electron chi connectivity index (χ1n) is 8.64. The van der Waals surface area contributed by atoms with Crippen LogP contribution in [-0.4, -0.2) is 37.9 Å². The zero-order chi connectivity index (χ0) is 19.6. The highest BCUT2D eigenvalue weighted by molar-refractivity contribution is 7.90.